The second-order valence-electron chi connectivity index (χ2n) is 6.04. The molecule has 4 nitrogen and oxygen atoms in total. The fraction of sp³-hybridized carbons (Fsp3) is 0. The number of nitrogens with one attached hydrogen (secondary N) is 2. The van der Waals surface area contributed by atoms with Gasteiger partial charge in [0, 0.05) is 39.4 Å². The summed E-state index contributed by atoms with van der Waals surface area (Å²) in [6.45, 7) is 4.06. The first-order valence-corrected chi connectivity index (χ1v) is 8.86. The summed E-state index contributed by atoms with van der Waals surface area (Å²) >= 11 is 6.35. The van der Waals surface area contributed by atoms with Gasteiger partial charge in [-0.05, 0) is 36.4 Å². The molecule has 1 aliphatic rings. The van der Waals surface area contributed by atoms with Crippen molar-refractivity contribution >= 4 is 34.5 Å². The third kappa shape index (κ3) is 3.91. The van der Waals surface area contributed by atoms with Crippen LogP contribution in [0.5, 0.6) is 0 Å². The van der Waals surface area contributed by atoms with E-state index >= 15 is 0 Å². The fourth-order valence-corrected chi connectivity index (χ4v) is 3.07. The number of allylic oxidation sites excluding steroid dienone is 3. The Hall–Kier alpha value is -3.37. The highest BCUT2D eigenvalue weighted by atomic mass is 35.5. The van der Waals surface area contributed by atoms with E-state index in [9.17, 15) is 0 Å². The zero-order valence-corrected chi connectivity index (χ0v) is 15.2. The highest BCUT2D eigenvalue weighted by Crippen LogP contribution is 2.29. The molecule has 0 radical (unpaired) electrons. The van der Waals surface area contributed by atoms with Crippen LogP contribution in [0.2, 0.25) is 5.02 Å². The SMILES string of the molecule is C=C1C=C(c2ccnc(Nc3ccccc3)n2)C=C(c2ccccc2Cl)N1. The lowest BCUT2D eigenvalue weighted by molar-refractivity contribution is 1.11. The zero-order valence-electron chi connectivity index (χ0n) is 14.5. The van der Waals surface area contributed by atoms with E-state index < -0.39 is 0 Å². The van der Waals surface area contributed by atoms with E-state index in [-0.39, 0.29) is 0 Å². The number of hydrogen-bond acceptors (Lipinski definition) is 4. The second-order valence-corrected chi connectivity index (χ2v) is 6.45. The first-order chi connectivity index (χ1) is 13.2. The van der Waals surface area contributed by atoms with Gasteiger partial charge in [-0.1, -0.05) is 54.6 Å². The first kappa shape index (κ1) is 17.1. The minimum absolute atomic E-state index is 0.538. The molecule has 0 bridgehead atoms. The maximum Gasteiger partial charge on any atom is 0.227 e. The maximum atomic E-state index is 6.35. The molecule has 4 rings (SSSR count). The van der Waals surface area contributed by atoms with Gasteiger partial charge < -0.3 is 10.6 Å². The number of para-hydroxylation sites is 1. The average Bonchev–Trinajstić information content (AvgIpc) is 2.69. The van der Waals surface area contributed by atoms with Gasteiger partial charge in [-0.25, -0.2) is 9.97 Å². The largest absolute Gasteiger partial charge is 0.355 e. The van der Waals surface area contributed by atoms with Crippen molar-refractivity contribution in [3.8, 4) is 0 Å². The molecule has 0 aliphatic carbocycles. The van der Waals surface area contributed by atoms with Gasteiger partial charge >= 0.3 is 0 Å². The molecule has 0 amide bonds. The van der Waals surface area contributed by atoms with Crippen molar-refractivity contribution in [1.82, 2.24) is 15.3 Å². The molecule has 1 aromatic heterocycles. The highest BCUT2D eigenvalue weighted by molar-refractivity contribution is 6.32. The van der Waals surface area contributed by atoms with Crippen LogP contribution >= 0.6 is 11.6 Å². The van der Waals surface area contributed by atoms with E-state index in [1.807, 2.05) is 72.8 Å². The van der Waals surface area contributed by atoms with Gasteiger partial charge in [-0.15, -0.1) is 0 Å². The van der Waals surface area contributed by atoms with Gasteiger partial charge in [-0.3, -0.25) is 0 Å². The molecule has 132 valence electrons. The van der Waals surface area contributed by atoms with Crippen molar-refractivity contribution in [2.24, 2.45) is 0 Å². The van der Waals surface area contributed by atoms with E-state index in [1.54, 1.807) is 6.20 Å². The third-order valence-corrected chi connectivity index (χ3v) is 4.40. The number of aromatic nitrogens is 2. The highest BCUT2D eigenvalue weighted by Gasteiger charge is 2.14. The van der Waals surface area contributed by atoms with Crippen LogP contribution in [0.15, 0.2) is 91.3 Å². The summed E-state index contributed by atoms with van der Waals surface area (Å²) < 4.78 is 0. The van der Waals surface area contributed by atoms with Crippen LogP contribution in [0.3, 0.4) is 0 Å². The van der Waals surface area contributed by atoms with Crippen LogP contribution in [-0.2, 0) is 0 Å². The quantitative estimate of drug-likeness (QED) is 0.642. The Bertz CT molecular complexity index is 1050. The second kappa shape index (κ2) is 7.48. The molecule has 2 heterocycles. The zero-order chi connectivity index (χ0) is 18.6. The van der Waals surface area contributed by atoms with Gasteiger partial charge in [-0.2, -0.15) is 0 Å². The van der Waals surface area contributed by atoms with E-state index in [0.29, 0.717) is 11.0 Å². The third-order valence-electron chi connectivity index (χ3n) is 4.07. The summed E-state index contributed by atoms with van der Waals surface area (Å²) in [5, 5.41) is 7.17. The molecule has 27 heavy (non-hydrogen) atoms. The van der Waals surface area contributed by atoms with E-state index in [0.717, 1.165) is 33.9 Å². The Kier molecular flexibility index (Phi) is 4.73. The standard InChI is InChI=1S/C22H17ClN4/c1-15-13-16(14-21(25-15)18-9-5-6-10-19(18)23)20-11-12-24-22(27-20)26-17-7-3-2-4-8-17/h2-14,25H,1H2,(H,24,26,27). The Morgan fingerprint density at radius 3 is 2.52 bits per heavy atom. The van der Waals surface area contributed by atoms with E-state index in [1.165, 1.54) is 0 Å². The molecule has 2 aromatic carbocycles. The summed E-state index contributed by atoms with van der Waals surface area (Å²) in [6.07, 6.45) is 5.71. The number of halogens is 1. The van der Waals surface area contributed by atoms with Gasteiger partial charge in [0.2, 0.25) is 5.95 Å². The van der Waals surface area contributed by atoms with Gasteiger partial charge in [0.1, 0.15) is 0 Å². The molecular weight excluding hydrogens is 356 g/mol. The lowest BCUT2D eigenvalue weighted by Gasteiger charge is -2.19. The fourth-order valence-electron chi connectivity index (χ4n) is 2.83. The predicted molar refractivity (Wildman–Crippen MR) is 111 cm³/mol. The van der Waals surface area contributed by atoms with Crippen LogP contribution < -0.4 is 10.6 Å². The van der Waals surface area contributed by atoms with Crippen LogP contribution in [0.1, 0.15) is 11.3 Å². The van der Waals surface area contributed by atoms with Crippen LogP contribution in [0, 0.1) is 0 Å². The smallest absolute Gasteiger partial charge is 0.227 e. The van der Waals surface area contributed by atoms with Crippen LogP contribution in [0.4, 0.5) is 11.6 Å². The summed E-state index contributed by atoms with van der Waals surface area (Å²) in [4.78, 5) is 8.95. The first-order valence-electron chi connectivity index (χ1n) is 8.49. The summed E-state index contributed by atoms with van der Waals surface area (Å²) in [5.41, 5.74) is 5.26. The molecule has 1 aliphatic heterocycles. The van der Waals surface area contributed by atoms with Crippen molar-refractivity contribution in [1.29, 1.82) is 0 Å². The summed E-state index contributed by atoms with van der Waals surface area (Å²) in [6, 6.07) is 19.4. The van der Waals surface area contributed by atoms with E-state index in [2.05, 4.69) is 27.2 Å². The van der Waals surface area contributed by atoms with E-state index in [4.69, 9.17) is 11.6 Å². The molecule has 0 unspecified atom stereocenters. The normalized spacial score (nSPS) is 13.4. The Labute approximate surface area is 163 Å². The minimum Gasteiger partial charge on any atom is -0.355 e. The van der Waals surface area contributed by atoms with Crippen molar-refractivity contribution in [2.45, 2.75) is 0 Å². The molecule has 0 saturated carbocycles. The molecule has 3 aromatic rings. The van der Waals surface area contributed by atoms with Gasteiger partial charge in [0.05, 0.1) is 5.69 Å². The average molecular weight is 373 g/mol. The van der Waals surface area contributed by atoms with Gasteiger partial charge in [0.15, 0.2) is 0 Å². The molecule has 5 heteroatoms. The number of hydrogen-bond donors (Lipinski definition) is 2. The van der Waals surface area contributed by atoms with Crippen molar-refractivity contribution in [3.63, 3.8) is 0 Å². The van der Waals surface area contributed by atoms with Crippen molar-refractivity contribution < 1.29 is 0 Å². The minimum atomic E-state index is 0.538. The van der Waals surface area contributed by atoms with Crippen molar-refractivity contribution in [2.75, 3.05) is 5.32 Å². The topological polar surface area (TPSA) is 49.8 Å². The molecule has 0 atom stereocenters. The Balaban J connectivity index is 1.67. The van der Waals surface area contributed by atoms with Crippen LogP contribution in [0.25, 0.3) is 11.3 Å². The number of anilines is 2. The molecule has 0 saturated heterocycles. The molecule has 0 fully saturated rings. The lowest BCUT2D eigenvalue weighted by Crippen LogP contribution is -2.14. The maximum absolute atomic E-state index is 6.35. The van der Waals surface area contributed by atoms with Crippen LogP contribution in [-0.4, -0.2) is 9.97 Å². The number of dihydropyridines is 1. The molecule has 0 spiro atoms. The summed E-state index contributed by atoms with van der Waals surface area (Å²) in [7, 11) is 0. The number of benzene rings is 2. The summed E-state index contributed by atoms with van der Waals surface area (Å²) in [5.74, 6) is 0.538. The number of rotatable bonds is 4. The Morgan fingerprint density at radius 2 is 1.70 bits per heavy atom. The van der Waals surface area contributed by atoms with Crippen molar-refractivity contribution in [3.05, 3.63) is 108 Å². The lowest BCUT2D eigenvalue weighted by atomic mass is 10.0. The Morgan fingerprint density at radius 1 is 0.926 bits per heavy atom. The predicted octanol–water partition coefficient (Wildman–Crippen LogP) is 5.42. The monoisotopic (exact) mass is 372 g/mol. The molecular formula is C22H17ClN4. The number of nitrogens with zero attached hydrogens (tertiary/aromatic N) is 2. The molecule has 2 N–H and O–H groups in total. The van der Waals surface area contributed by atoms with Gasteiger partial charge in [0.25, 0.3) is 0 Å².